The molecule has 2 heterocycles. The first-order valence-electron chi connectivity index (χ1n) is 8.04. The van der Waals surface area contributed by atoms with Gasteiger partial charge >= 0.3 is 0 Å². The summed E-state index contributed by atoms with van der Waals surface area (Å²) >= 11 is 2.88. The van der Waals surface area contributed by atoms with Crippen molar-refractivity contribution in [2.45, 2.75) is 32.5 Å². The first kappa shape index (κ1) is 17.7. The van der Waals surface area contributed by atoms with Crippen LogP contribution in [0.4, 0.5) is 5.13 Å². The third-order valence-electron chi connectivity index (χ3n) is 3.68. The van der Waals surface area contributed by atoms with Crippen LogP contribution >= 0.6 is 23.1 Å². The van der Waals surface area contributed by atoms with Gasteiger partial charge in [0.2, 0.25) is 5.91 Å². The second-order valence-corrected chi connectivity index (χ2v) is 7.47. The van der Waals surface area contributed by atoms with E-state index in [-0.39, 0.29) is 5.91 Å². The van der Waals surface area contributed by atoms with Gasteiger partial charge in [0.25, 0.3) is 0 Å². The zero-order valence-electron chi connectivity index (χ0n) is 14.4. The van der Waals surface area contributed by atoms with Crippen LogP contribution in [0, 0.1) is 13.8 Å². The van der Waals surface area contributed by atoms with Gasteiger partial charge in [-0.2, -0.15) is 0 Å². The molecular weight excluding hydrogens is 352 g/mol. The highest BCUT2D eigenvalue weighted by Crippen LogP contribution is 2.26. The maximum atomic E-state index is 12.1. The molecule has 1 amide bonds. The van der Waals surface area contributed by atoms with Crippen molar-refractivity contribution in [1.29, 1.82) is 0 Å². The molecular formula is C18H20N4OS2. The molecule has 1 aromatic carbocycles. The number of benzene rings is 1. The van der Waals surface area contributed by atoms with Gasteiger partial charge in [0.15, 0.2) is 10.3 Å². The molecule has 0 bridgehead atoms. The fraction of sp³-hybridized carbons (Fsp3) is 0.278. The highest BCUT2D eigenvalue weighted by atomic mass is 32.2. The van der Waals surface area contributed by atoms with Gasteiger partial charge in [-0.05, 0) is 26.3 Å². The van der Waals surface area contributed by atoms with Crippen LogP contribution in [-0.4, -0.2) is 26.2 Å². The highest BCUT2D eigenvalue weighted by Gasteiger charge is 2.13. The van der Waals surface area contributed by atoms with Gasteiger partial charge in [-0.15, -0.1) is 11.3 Å². The Morgan fingerprint density at radius 1 is 1.28 bits per heavy atom. The van der Waals surface area contributed by atoms with Gasteiger partial charge in [0.05, 0.1) is 23.3 Å². The van der Waals surface area contributed by atoms with Gasteiger partial charge in [-0.3, -0.25) is 4.79 Å². The largest absolute Gasteiger partial charge is 0.319 e. The number of thioether (sulfide) groups is 1. The number of nitrogens with zero attached hydrogens (tertiary/aromatic N) is 3. The molecule has 3 aromatic rings. The lowest BCUT2D eigenvalue weighted by molar-refractivity contribution is -0.113. The standard InChI is InChI=1S/C18H20N4OS2/c1-4-22-15(14-7-5-12(2)6-8-14)9-19-18(22)25-11-16(23)21-17-20-13(3)10-24-17/h5-10H,4,11H2,1-3H3,(H,20,21,23). The third kappa shape index (κ3) is 4.29. The summed E-state index contributed by atoms with van der Waals surface area (Å²) in [5.41, 5.74) is 4.35. The Kier molecular flexibility index (Phi) is 5.55. The average molecular weight is 373 g/mol. The van der Waals surface area contributed by atoms with E-state index < -0.39 is 0 Å². The van der Waals surface area contributed by atoms with E-state index in [0.29, 0.717) is 10.9 Å². The van der Waals surface area contributed by atoms with Crippen molar-refractivity contribution in [1.82, 2.24) is 14.5 Å². The Hall–Kier alpha value is -2.12. The average Bonchev–Trinajstić information content (AvgIpc) is 3.19. The Bertz CT molecular complexity index is 868. The molecule has 0 fully saturated rings. The fourth-order valence-electron chi connectivity index (χ4n) is 2.43. The van der Waals surface area contributed by atoms with Crippen LogP contribution in [0.3, 0.4) is 0 Å². The summed E-state index contributed by atoms with van der Waals surface area (Å²) in [6.07, 6.45) is 1.87. The summed E-state index contributed by atoms with van der Waals surface area (Å²) in [5, 5.41) is 6.23. The zero-order chi connectivity index (χ0) is 17.8. The maximum absolute atomic E-state index is 12.1. The van der Waals surface area contributed by atoms with Gasteiger partial charge in [0.1, 0.15) is 0 Å². The quantitative estimate of drug-likeness (QED) is 0.653. The van der Waals surface area contributed by atoms with Crippen molar-refractivity contribution in [3.05, 3.63) is 47.1 Å². The lowest BCUT2D eigenvalue weighted by Gasteiger charge is -2.09. The number of carbonyl (C=O) groups excluding carboxylic acids is 1. The predicted octanol–water partition coefficient (Wildman–Crippen LogP) is 4.37. The molecule has 1 N–H and O–H groups in total. The number of carbonyl (C=O) groups is 1. The lowest BCUT2D eigenvalue weighted by Crippen LogP contribution is -2.14. The Balaban J connectivity index is 1.68. The van der Waals surface area contributed by atoms with Crippen molar-refractivity contribution < 1.29 is 4.79 Å². The van der Waals surface area contributed by atoms with Crippen molar-refractivity contribution >= 4 is 34.1 Å². The van der Waals surface area contributed by atoms with Gasteiger partial charge in [0, 0.05) is 11.9 Å². The number of aryl methyl sites for hydroxylation is 2. The van der Waals surface area contributed by atoms with E-state index in [4.69, 9.17) is 0 Å². The van der Waals surface area contributed by atoms with E-state index in [9.17, 15) is 4.79 Å². The van der Waals surface area contributed by atoms with Crippen LogP contribution < -0.4 is 5.32 Å². The summed E-state index contributed by atoms with van der Waals surface area (Å²) in [5.74, 6) is 0.241. The molecule has 5 nitrogen and oxygen atoms in total. The normalized spacial score (nSPS) is 10.8. The first-order valence-corrected chi connectivity index (χ1v) is 9.90. The van der Waals surface area contributed by atoms with E-state index in [0.717, 1.165) is 28.7 Å². The van der Waals surface area contributed by atoms with E-state index in [1.807, 2.05) is 18.5 Å². The summed E-state index contributed by atoms with van der Waals surface area (Å²) in [6, 6.07) is 8.39. The maximum Gasteiger partial charge on any atom is 0.236 e. The molecule has 0 spiro atoms. The molecule has 0 unspecified atom stereocenters. The molecule has 0 saturated carbocycles. The molecule has 25 heavy (non-hydrogen) atoms. The van der Waals surface area contributed by atoms with Crippen LogP contribution in [0.1, 0.15) is 18.2 Å². The molecule has 0 aliphatic carbocycles. The summed E-state index contributed by atoms with van der Waals surface area (Å²) in [7, 11) is 0. The van der Waals surface area contributed by atoms with E-state index in [1.54, 1.807) is 0 Å². The van der Waals surface area contributed by atoms with E-state index in [1.165, 1.54) is 28.7 Å². The number of rotatable bonds is 6. The number of aromatic nitrogens is 3. The lowest BCUT2D eigenvalue weighted by atomic mass is 10.1. The van der Waals surface area contributed by atoms with E-state index in [2.05, 4.69) is 58.0 Å². The second kappa shape index (κ2) is 7.84. The summed E-state index contributed by atoms with van der Waals surface area (Å²) in [4.78, 5) is 20.9. The third-order valence-corrected chi connectivity index (χ3v) is 5.55. The zero-order valence-corrected chi connectivity index (χ0v) is 16.1. The van der Waals surface area contributed by atoms with Crippen molar-refractivity contribution in [3.63, 3.8) is 0 Å². The van der Waals surface area contributed by atoms with Crippen LogP contribution in [0.15, 0.2) is 41.0 Å². The van der Waals surface area contributed by atoms with Crippen LogP contribution in [0.5, 0.6) is 0 Å². The number of nitrogens with one attached hydrogen (secondary N) is 1. The minimum Gasteiger partial charge on any atom is -0.319 e. The smallest absolute Gasteiger partial charge is 0.236 e. The molecule has 7 heteroatoms. The predicted molar refractivity (Wildman–Crippen MR) is 104 cm³/mol. The Labute approximate surface area is 155 Å². The number of imidazole rings is 1. The monoisotopic (exact) mass is 372 g/mol. The number of hydrogen-bond donors (Lipinski definition) is 1. The molecule has 2 aromatic heterocycles. The first-order chi connectivity index (χ1) is 12.1. The fourth-order valence-corrected chi connectivity index (χ4v) is 3.98. The highest BCUT2D eigenvalue weighted by molar-refractivity contribution is 7.99. The van der Waals surface area contributed by atoms with Gasteiger partial charge < -0.3 is 9.88 Å². The number of anilines is 1. The second-order valence-electron chi connectivity index (χ2n) is 5.67. The van der Waals surface area contributed by atoms with Crippen molar-refractivity contribution in [2.75, 3.05) is 11.1 Å². The number of thiazole rings is 1. The number of hydrogen-bond acceptors (Lipinski definition) is 5. The molecule has 0 aliphatic heterocycles. The SMILES string of the molecule is CCn1c(-c2ccc(C)cc2)cnc1SCC(=O)Nc1nc(C)cs1. The topological polar surface area (TPSA) is 59.8 Å². The van der Waals surface area contributed by atoms with E-state index >= 15 is 0 Å². The van der Waals surface area contributed by atoms with Gasteiger partial charge in [-0.1, -0.05) is 41.6 Å². The van der Waals surface area contributed by atoms with Crippen molar-refractivity contribution in [2.24, 2.45) is 0 Å². The van der Waals surface area contributed by atoms with Crippen LogP contribution in [0.2, 0.25) is 0 Å². The Morgan fingerprint density at radius 2 is 2.04 bits per heavy atom. The summed E-state index contributed by atoms with van der Waals surface area (Å²) < 4.78 is 2.14. The minimum absolute atomic E-state index is 0.0677. The minimum atomic E-state index is -0.0677. The molecule has 3 rings (SSSR count). The van der Waals surface area contributed by atoms with Crippen LogP contribution in [0.25, 0.3) is 11.3 Å². The molecule has 0 saturated heterocycles. The molecule has 0 radical (unpaired) electrons. The molecule has 0 atom stereocenters. The van der Waals surface area contributed by atoms with Crippen molar-refractivity contribution in [3.8, 4) is 11.3 Å². The molecule has 130 valence electrons. The summed E-state index contributed by atoms with van der Waals surface area (Å²) in [6.45, 7) is 6.87. The van der Waals surface area contributed by atoms with Gasteiger partial charge in [-0.25, -0.2) is 9.97 Å². The van der Waals surface area contributed by atoms with Crippen LogP contribution in [-0.2, 0) is 11.3 Å². The number of amides is 1. The molecule has 0 aliphatic rings. The Morgan fingerprint density at radius 3 is 2.68 bits per heavy atom.